The van der Waals surface area contributed by atoms with Crippen LogP contribution in [0.4, 0.5) is 0 Å². The van der Waals surface area contributed by atoms with Crippen LogP contribution < -0.4 is 0 Å². The number of carbonyl (C=O) groups is 1. The molecule has 1 fully saturated rings. The Kier molecular flexibility index (Phi) is 4.32. The summed E-state index contributed by atoms with van der Waals surface area (Å²) in [6, 6.07) is 7.85. The van der Waals surface area contributed by atoms with E-state index in [9.17, 15) is 13.2 Å². The number of carbonyl (C=O) groups excluding carboxylic acids is 1. The van der Waals surface area contributed by atoms with Crippen molar-refractivity contribution in [3.8, 4) is 0 Å². The molecule has 1 aliphatic rings. The van der Waals surface area contributed by atoms with Crippen molar-refractivity contribution in [1.82, 2.24) is 9.29 Å². The van der Waals surface area contributed by atoms with E-state index in [-0.39, 0.29) is 4.90 Å². The average Bonchev–Trinajstić information content (AvgIpc) is 2.60. The molecule has 3 rings (SSSR count). The summed E-state index contributed by atoms with van der Waals surface area (Å²) in [6.07, 6.45) is 3.57. The van der Waals surface area contributed by atoms with Crippen LogP contribution in [0.3, 0.4) is 0 Å². The summed E-state index contributed by atoms with van der Waals surface area (Å²) < 4.78 is 32.3. The Hall–Kier alpha value is -1.99. The first-order valence-corrected chi connectivity index (χ1v) is 8.93. The van der Waals surface area contributed by atoms with Crippen molar-refractivity contribution in [1.29, 1.82) is 0 Å². The predicted molar refractivity (Wildman–Crippen MR) is 85.3 cm³/mol. The van der Waals surface area contributed by atoms with E-state index < -0.39 is 22.0 Å². The maximum absolute atomic E-state index is 13.1. The molecule has 0 N–H and O–H groups in total. The van der Waals surface area contributed by atoms with Crippen molar-refractivity contribution in [3.05, 3.63) is 36.5 Å². The molecule has 0 spiro atoms. The first-order valence-electron chi connectivity index (χ1n) is 7.49. The van der Waals surface area contributed by atoms with E-state index in [0.717, 1.165) is 18.2 Å². The van der Waals surface area contributed by atoms with E-state index in [1.165, 1.54) is 17.5 Å². The minimum Gasteiger partial charge on any atom is -0.468 e. The summed E-state index contributed by atoms with van der Waals surface area (Å²) >= 11 is 0. The molecule has 0 aliphatic carbocycles. The van der Waals surface area contributed by atoms with Crippen LogP contribution in [-0.4, -0.2) is 43.4 Å². The van der Waals surface area contributed by atoms with Crippen LogP contribution in [-0.2, 0) is 19.6 Å². The molecule has 122 valence electrons. The molecular weight excluding hydrogens is 316 g/mol. The zero-order valence-electron chi connectivity index (χ0n) is 12.8. The van der Waals surface area contributed by atoms with Crippen molar-refractivity contribution >= 4 is 26.9 Å². The second-order valence-electron chi connectivity index (χ2n) is 5.48. The summed E-state index contributed by atoms with van der Waals surface area (Å²) in [5.74, 6) is -0.513. The van der Waals surface area contributed by atoms with E-state index in [1.54, 1.807) is 18.3 Å². The molecule has 1 atom stereocenters. The number of nitrogens with zero attached hydrogens (tertiary/aromatic N) is 2. The predicted octanol–water partition coefficient (Wildman–Crippen LogP) is 1.95. The number of hydrogen-bond donors (Lipinski definition) is 0. The summed E-state index contributed by atoms with van der Waals surface area (Å²) in [4.78, 5) is 16.3. The number of para-hydroxylation sites is 1. The molecular formula is C16H18N2O4S. The fraction of sp³-hybridized carbons (Fsp3) is 0.375. The molecule has 0 saturated carbocycles. The highest BCUT2D eigenvalue weighted by atomic mass is 32.2. The van der Waals surface area contributed by atoms with Crippen molar-refractivity contribution in [2.24, 2.45) is 0 Å². The van der Waals surface area contributed by atoms with Gasteiger partial charge in [-0.25, -0.2) is 8.42 Å². The first-order chi connectivity index (χ1) is 11.1. The number of methoxy groups -OCH3 is 1. The third-order valence-corrected chi connectivity index (χ3v) is 6.05. The van der Waals surface area contributed by atoms with Crippen LogP contribution >= 0.6 is 0 Å². The lowest BCUT2D eigenvalue weighted by molar-refractivity contribution is -0.146. The first kappa shape index (κ1) is 15.9. The van der Waals surface area contributed by atoms with Gasteiger partial charge in [0, 0.05) is 18.1 Å². The number of aromatic nitrogens is 1. The van der Waals surface area contributed by atoms with Crippen molar-refractivity contribution < 1.29 is 17.9 Å². The second kappa shape index (κ2) is 6.25. The fourth-order valence-corrected chi connectivity index (χ4v) is 4.79. The van der Waals surface area contributed by atoms with Gasteiger partial charge in [0.15, 0.2) is 0 Å². The van der Waals surface area contributed by atoms with Crippen molar-refractivity contribution in [3.63, 3.8) is 0 Å². The molecule has 2 aromatic rings. The number of hydrogen-bond acceptors (Lipinski definition) is 5. The number of ether oxygens (including phenoxy) is 1. The average molecular weight is 334 g/mol. The minimum atomic E-state index is -3.82. The quantitative estimate of drug-likeness (QED) is 0.802. The number of piperidine rings is 1. The zero-order valence-corrected chi connectivity index (χ0v) is 13.6. The van der Waals surface area contributed by atoms with Gasteiger partial charge in [0.1, 0.15) is 10.9 Å². The van der Waals surface area contributed by atoms with E-state index in [2.05, 4.69) is 4.98 Å². The molecule has 0 radical (unpaired) electrons. The summed E-state index contributed by atoms with van der Waals surface area (Å²) in [5.41, 5.74) is 0.421. The molecule has 1 aromatic carbocycles. The minimum absolute atomic E-state index is 0.131. The van der Waals surface area contributed by atoms with Gasteiger partial charge in [0.05, 0.1) is 12.6 Å². The van der Waals surface area contributed by atoms with Crippen LogP contribution in [0.5, 0.6) is 0 Å². The van der Waals surface area contributed by atoms with E-state index in [4.69, 9.17) is 4.74 Å². The fourth-order valence-electron chi connectivity index (χ4n) is 2.98. The molecule has 1 aliphatic heterocycles. The van der Waals surface area contributed by atoms with E-state index in [1.807, 2.05) is 12.1 Å². The van der Waals surface area contributed by atoms with Gasteiger partial charge >= 0.3 is 5.97 Å². The Balaban J connectivity index is 2.10. The normalized spacial score (nSPS) is 19.6. The number of sulfonamides is 1. The lowest BCUT2D eigenvalue weighted by Crippen LogP contribution is -2.48. The summed E-state index contributed by atoms with van der Waals surface area (Å²) in [5, 5.41) is 0.750. The van der Waals surface area contributed by atoms with Gasteiger partial charge in [0.2, 0.25) is 10.0 Å². The highest BCUT2D eigenvalue weighted by Crippen LogP contribution is 2.29. The van der Waals surface area contributed by atoms with Gasteiger partial charge in [-0.3, -0.25) is 9.78 Å². The molecule has 0 bridgehead atoms. The maximum Gasteiger partial charge on any atom is 0.324 e. The number of pyridine rings is 1. The lowest BCUT2D eigenvalue weighted by Gasteiger charge is -2.32. The van der Waals surface area contributed by atoms with Gasteiger partial charge in [-0.2, -0.15) is 4.31 Å². The molecule has 1 saturated heterocycles. The van der Waals surface area contributed by atoms with Gasteiger partial charge in [-0.05, 0) is 31.4 Å². The highest BCUT2D eigenvalue weighted by Gasteiger charge is 2.39. The maximum atomic E-state index is 13.1. The number of esters is 1. The largest absolute Gasteiger partial charge is 0.468 e. The third-order valence-electron chi connectivity index (χ3n) is 4.11. The van der Waals surface area contributed by atoms with Gasteiger partial charge in [0.25, 0.3) is 0 Å². The molecule has 7 heteroatoms. The Morgan fingerprint density at radius 1 is 1.26 bits per heavy atom. The molecule has 6 nitrogen and oxygen atoms in total. The summed E-state index contributed by atoms with van der Waals surface area (Å²) in [7, 11) is -2.54. The second-order valence-corrected chi connectivity index (χ2v) is 7.34. The molecule has 1 unspecified atom stereocenters. The number of fused-ring (bicyclic) bond motifs is 1. The Morgan fingerprint density at radius 3 is 2.83 bits per heavy atom. The van der Waals surface area contributed by atoms with Gasteiger partial charge < -0.3 is 4.74 Å². The monoisotopic (exact) mass is 334 g/mol. The molecule has 0 amide bonds. The van der Waals surface area contributed by atoms with Crippen LogP contribution in [0.25, 0.3) is 10.9 Å². The number of benzene rings is 1. The molecule has 2 heterocycles. The SMILES string of the molecule is COC(=O)C1CCCCN1S(=O)(=O)c1cccc2cccnc12. The number of rotatable bonds is 3. The van der Waals surface area contributed by atoms with E-state index >= 15 is 0 Å². The molecule has 1 aromatic heterocycles. The van der Waals surface area contributed by atoms with Crippen LogP contribution in [0.15, 0.2) is 41.4 Å². The topological polar surface area (TPSA) is 76.6 Å². The molecule has 23 heavy (non-hydrogen) atoms. The Morgan fingerprint density at radius 2 is 2.04 bits per heavy atom. The Bertz CT molecular complexity index is 830. The highest BCUT2D eigenvalue weighted by molar-refractivity contribution is 7.89. The van der Waals surface area contributed by atoms with Crippen LogP contribution in [0.2, 0.25) is 0 Å². The summed E-state index contributed by atoms with van der Waals surface area (Å²) in [6.45, 7) is 0.311. The van der Waals surface area contributed by atoms with Crippen LogP contribution in [0, 0.1) is 0 Å². The zero-order chi connectivity index (χ0) is 16.4. The van der Waals surface area contributed by atoms with Gasteiger partial charge in [-0.15, -0.1) is 0 Å². The third kappa shape index (κ3) is 2.82. The van der Waals surface area contributed by atoms with Crippen molar-refractivity contribution in [2.45, 2.75) is 30.2 Å². The smallest absolute Gasteiger partial charge is 0.324 e. The van der Waals surface area contributed by atoms with Gasteiger partial charge in [-0.1, -0.05) is 18.2 Å². The Labute approximate surface area is 135 Å². The standard InChI is InChI=1S/C16H18N2O4S/c1-22-16(19)13-8-2-3-11-18(13)23(20,21)14-9-4-6-12-7-5-10-17-15(12)14/h4-7,9-10,13H,2-3,8,11H2,1H3. The van der Waals surface area contributed by atoms with Crippen LogP contribution in [0.1, 0.15) is 19.3 Å². The lowest BCUT2D eigenvalue weighted by atomic mass is 10.1. The van der Waals surface area contributed by atoms with Crippen molar-refractivity contribution in [2.75, 3.05) is 13.7 Å². The van der Waals surface area contributed by atoms with E-state index in [0.29, 0.717) is 18.5 Å².